The first-order chi connectivity index (χ1) is 27.6. The minimum absolute atomic E-state index is 0.00320. The zero-order chi connectivity index (χ0) is 42.8. The molecule has 0 spiro atoms. The van der Waals surface area contributed by atoms with Crippen LogP contribution < -0.4 is 5.32 Å². The van der Waals surface area contributed by atoms with E-state index in [4.69, 9.17) is 4.74 Å². The van der Waals surface area contributed by atoms with Gasteiger partial charge in [-0.3, -0.25) is 19.2 Å². The van der Waals surface area contributed by atoms with E-state index in [1.54, 1.807) is 0 Å². The lowest BCUT2D eigenvalue weighted by molar-refractivity contribution is -0.251. The number of allylic oxidation sites excluding steroid dienone is 1. The number of nitrogens with one attached hydrogen (secondary N) is 1. The molecule has 8 aliphatic rings. The van der Waals surface area contributed by atoms with Crippen LogP contribution in [-0.4, -0.2) is 83.5 Å². The molecule has 1 aliphatic heterocycles. The summed E-state index contributed by atoms with van der Waals surface area (Å²) in [5, 5.41) is 13.3. The van der Waals surface area contributed by atoms with Gasteiger partial charge in [-0.05, 0) is 148 Å². The molecule has 7 saturated carbocycles. The number of piperazine rings is 1. The lowest BCUT2D eigenvalue weighted by atomic mass is 9.32. The van der Waals surface area contributed by atoms with E-state index in [0.717, 1.165) is 96.9 Å². The lowest BCUT2D eigenvalue weighted by Gasteiger charge is -2.73. The molecule has 2 amide bonds. The van der Waals surface area contributed by atoms with Gasteiger partial charge in [-0.1, -0.05) is 74.5 Å². The van der Waals surface area contributed by atoms with Crippen molar-refractivity contribution >= 4 is 23.8 Å². The Balaban J connectivity index is 0.975. The fourth-order valence-corrected chi connectivity index (χ4v) is 16.8. The van der Waals surface area contributed by atoms with Gasteiger partial charge in [0.25, 0.3) is 0 Å². The topological polar surface area (TPSA) is 116 Å². The number of likely N-dealkylation sites (N-methyl/N-ethyl adjacent to an activating group) is 1. The Morgan fingerprint density at radius 2 is 1.46 bits per heavy atom. The van der Waals surface area contributed by atoms with Gasteiger partial charge in [-0.25, -0.2) is 0 Å². The highest BCUT2D eigenvalue weighted by Crippen LogP contribution is 2.77. The van der Waals surface area contributed by atoms with Crippen molar-refractivity contribution in [1.82, 2.24) is 15.1 Å². The van der Waals surface area contributed by atoms with E-state index in [9.17, 15) is 24.3 Å². The fourth-order valence-electron chi connectivity index (χ4n) is 16.8. The molecule has 15 atom stereocenters. The molecule has 1 saturated heterocycles. The molecular formula is C50H79N3O6. The average molecular weight is 818 g/mol. The van der Waals surface area contributed by atoms with Crippen LogP contribution in [0.3, 0.4) is 0 Å². The minimum atomic E-state index is -0.820. The monoisotopic (exact) mass is 818 g/mol. The molecule has 1 heterocycles. The predicted molar refractivity (Wildman–Crippen MR) is 230 cm³/mol. The molecule has 330 valence electrons. The molecule has 0 aromatic heterocycles. The number of carbonyl (C=O) groups excluding carboxylic acids is 3. The van der Waals surface area contributed by atoms with Crippen LogP contribution in [0.5, 0.6) is 0 Å². The largest absolute Gasteiger partial charge is 0.481 e. The van der Waals surface area contributed by atoms with Gasteiger partial charge in [-0.15, -0.1) is 0 Å². The molecule has 0 aromatic rings. The van der Waals surface area contributed by atoms with Crippen molar-refractivity contribution in [3.63, 3.8) is 0 Å². The quantitative estimate of drug-likeness (QED) is 0.186. The second-order valence-corrected chi connectivity index (χ2v) is 23.7. The maximum Gasteiger partial charge on any atom is 0.309 e. The van der Waals surface area contributed by atoms with Crippen LogP contribution in [0.1, 0.15) is 146 Å². The Morgan fingerprint density at radius 3 is 2.07 bits per heavy atom. The van der Waals surface area contributed by atoms with E-state index in [1.165, 1.54) is 12.0 Å². The number of hydrogen-bond donors (Lipinski definition) is 2. The Bertz CT molecular complexity index is 1730. The maximum atomic E-state index is 15.0. The molecule has 2 N–H and O–H groups in total. The fraction of sp³-hybridized carbons (Fsp3) is 0.880. The molecule has 1 unspecified atom stereocenters. The van der Waals surface area contributed by atoms with E-state index in [-0.39, 0.29) is 80.7 Å². The number of esters is 1. The molecule has 0 radical (unpaired) electrons. The normalized spacial score (nSPS) is 47.2. The number of ether oxygens (including phenoxy) is 1. The average Bonchev–Trinajstić information content (AvgIpc) is 3.58. The van der Waals surface area contributed by atoms with Crippen molar-refractivity contribution in [2.75, 3.05) is 32.7 Å². The molecule has 9 heteroatoms. The van der Waals surface area contributed by atoms with Gasteiger partial charge in [0.2, 0.25) is 11.8 Å². The van der Waals surface area contributed by atoms with Crippen molar-refractivity contribution in [3.8, 4) is 0 Å². The third-order valence-corrected chi connectivity index (χ3v) is 21.1. The van der Waals surface area contributed by atoms with Crippen LogP contribution in [0.4, 0.5) is 0 Å². The Morgan fingerprint density at radius 1 is 0.763 bits per heavy atom. The van der Waals surface area contributed by atoms with E-state index < -0.39 is 17.3 Å². The predicted octanol–water partition coefficient (Wildman–Crippen LogP) is 8.61. The molecule has 0 aromatic carbocycles. The van der Waals surface area contributed by atoms with E-state index >= 15 is 0 Å². The first-order valence-corrected chi connectivity index (χ1v) is 24.0. The zero-order valence-corrected chi connectivity index (χ0v) is 38.5. The number of carbonyl (C=O) groups is 4. The smallest absolute Gasteiger partial charge is 0.309 e. The molecule has 7 aliphatic carbocycles. The highest BCUT2D eigenvalue weighted by atomic mass is 16.5. The summed E-state index contributed by atoms with van der Waals surface area (Å²) in [6.07, 6.45) is 11.4. The summed E-state index contributed by atoms with van der Waals surface area (Å²) in [4.78, 5) is 58.5. The number of fused-ring (bicyclic) bond motifs is 7. The SMILES string of the molecule is C=C(C)[C@@H]1CC[C@]2(C(=O)N[C@H]3C[C@@H](C(=O)N4CCN(CC)CC4)[C@H]3C)CC[C@]3(C)[C@H](CC[C@@H]4[C@@]5(C)CC[C@H](OC(=O)[C@H]6C[C@@H](C(=O)O)C6(C)C)C(C)(C)[C@@H]5CC[C@]43C)C12. The number of carboxylic acid groups (broad SMARTS) is 1. The van der Waals surface area contributed by atoms with Crippen molar-refractivity contribution in [2.24, 2.45) is 85.8 Å². The molecular weight excluding hydrogens is 739 g/mol. The number of nitrogens with zero attached hydrogens (tertiary/aromatic N) is 2. The first kappa shape index (κ1) is 43.2. The van der Waals surface area contributed by atoms with Crippen molar-refractivity contribution in [2.45, 2.75) is 158 Å². The third-order valence-electron chi connectivity index (χ3n) is 21.1. The summed E-state index contributed by atoms with van der Waals surface area (Å²) in [6.45, 7) is 32.0. The van der Waals surface area contributed by atoms with Crippen LogP contribution in [-0.2, 0) is 23.9 Å². The summed E-state index contributed by atoms with van der Waals surface area (Å²) in [7, 11) is 0. The molecule has 8 fully saturated rings. The van der Waals surface area contributed by atoms with Crippen molar-refractivity contribution in [3.05, 3.63) is 12.2 Å². The summed E-state index contributed by atoms with van der Waals surface area (Å²) in [5.74, 6) is 0.859. The number of aliphatic carboxylic acids is 1. The Kier molecular flexibility index (Phi) is 10.7. The van der Waals surface area contributed by atoms with Gasteiger partial charge in [0.05, 0.1) is 17.3 Å². The van der Waals surface area contributed by atoms with E-state index in [2.05, 4.69) is 77.1 Å². The summed E-state index contributed by atoms with van der Waals surface area (Å²) >= 11 is 0. The van der Waals surface area contributed by atoms with Gasteiger partial charge < -0.3 is 25.0 Å². The number of hydrogen-bond acceptors (Lipinski definition) is 6. The summed E-state index contributed by atoms with van der Waals surface area (Å²) in [5.41, 5.74) is 0.416. The molecule has 59 heavy (non-hydrogen) atoms. The van der Waals surface area contributed by atoms with Crippen LogP contribution >= 0.6 is 0 Å². The highest BCUT2D eigenvalue weighted by Gasteiger charge is 2.72. The second kappa shape index (κ2) is 14.6. The number of rotatable bonds is 8. The standard InChI is InChI=1S/C50H79N3O6/c1-12-52-23-25-53(26-24-52)41(54)32-27-36(30(32)4)51-44(58)50-20-15-31(29(2)3)40(50)33-13-14-38-47(9)18-17-39(59-43(57)35-28-34(42(55)56)45(35,5)6)46(7,8)37(47)16-19-49(38,11)48(33,10)21-22-50/h30-40H,2,12-28H2,1,3-11H3,(H,51,58)(H,55,56)/t30-,31+,32-,33-,34+,35-,36+,37+,38-,39+,40?,47+,48-,49-,50+/m1/s1. The third kappa shape index (κ3) is 6.19. The van der Waals surface area contributed by atoms with Gasteiger partial charge in [-0.2, -0.15) is 0 Å². The van der Waals surface area contributed by atoms with E-state index in [1.807, 2.05) is 13.8 Å². The Hall–Kier alpha value is -2.42. The van der Waals surface area contributed by atoms with Gasteiger partial charge >= 0.3 is 11.9 Å². The lowest BCUT2D eigenvalue weighted by Crippen LogP contribution is -2.68. The second-order valence-electron chi connectivity index (χ2n) is 23.7. The highest BCUT2D eigenvalue weighted by molar-refractivity contribution is 5.86. The first-order valence-electron chi connectivity index (χ1n) is 24.0. The number of carboxylic acids is 1. The van der Waals surface area contributed by atoms with Crippen LogP contribution in [0.2, 0.25) is 0 Å². The molecule has 9 nitrogen and oxygen atoms in total. The van der Waals surface area contributed by atoms with Crippen molar-refractivity contribution < 1.29 is 29.0 Å². The Labute approximate surface area is 356 Å². The van der Waals surface area contributed by atoms with E-state index in [0.29, 0.717) is 30.1 Å². The van der Waals surface area contributed by atoms with Crippen LogP contribution in [0, 0.1) is 85.8 Å². The van der Waals surface area contributed by atoms with Crippen LogP contribution in [0.15, 0.2) is 12.2 Å². The van der Waals surface area contributed by atoms with Gasteiger partial charge in [0.15, 0.2) is 0 Å². The van der Waals surface area contributed by atoms with Gasteiger partial charge in [0.1, 0.15) is 6.10 Å². The number of amides is 2. The van der Waals surface area contributed by atoms with Crippen LogP contribution in [0.25, 0.3) is 0 Å². The zero-order valence-electron chi connectivity index (χ0n) is 38.5. The van der Waals surface area contributed by atoms with Gasteiger partial charge in [0, 0.05) is 43.6 Å². The summed E-state index contributed by atoms with van der Waals surface area (Å²) < 4.78 is 6.45. The maximum absolute atomic E-state index is 15.0. The molecule has 0 bridgehead atoms. The molecule has 8 rings (SSSR count). The van der Waals surface area contributed by atoms with Crippen molar-refractivity contribution in [1.29, 1.82) is 0 Å². The summed E-state index contributed by atoms with van der Waals surface area (Å²) in [6, 6.07) is 0.0590. The minimum Gasteiger partial charge on any atom is -0.481 e.